The summed E-state index contributed by atoms with van der Waals surface area (Å²) < 4.78 is 1.88. The quantitative estimate of drug-likeness (QED) is 0.775. The third-order valence-electron chi connectivity index (χ3n) is 3.21. The number of rotatable bonds is 3. The monoisotopic (exact) mass is 281 g/mol. The molecule has 1 aromatic carbocycles. The molecule has 0 aliphatic carbocycles. The van der Waals surface area contributed by atoms with E-state index >= 15 is 0 Å². The van der Waals surface area contributed by atoms with Gasteiger partial charge in [0.15, 0.2) is 0 Å². The number of nitrogens with one attached hydrogen (secondary N) is 1. The van der Waals surface area contributed by atoms with Crippen LogP contribution in [-0.2, 0) is 11.4 Å². The van der Waals surface area contributed by atoms with Crippen LogP contribution < -0.4 is 5.32 Å². The van der Waals surface area contributed by atoms with Crippen LogP contribution >= 0.6 is 0 Å². The van der Waals surface area contributed by atoms with Gasteiger partial charge in [-0.3, -0.25) is 4.79 Å². The number of aliphatic hydroxyl groups is 1. The Morgan fingerprint density at radius 2 is 2.19 bits per heavy atom. The highest BCUT2D eigenvalue weighted by molar-refractivity contribution is 5.89. The summed E-state index contributed by atoms with van der Waals surface area (Å²) in [5, 5.41) is 12.1. The maximum atomic E-state index is 11.1. The van der Waals surface area contributed by atoms with Gasteiger partial charge >= 0.3 is 0 Å². The minimum absolute atomic E-state index is 0.0489. The van der Waals surface area contributed by atoms with Crippen LogP contribution in [0.15, 0.2) is 48.8 Å². The van der Waals surface area contributed by atoms with Crippen molar-refractivity contribution >= 4 is 17.2 Å². The van der Waals surface area contributed by atoms with E-state index in [2.05, 4.69) is 10.3 Å². The lowest BCUT2D eigenvalue weighted by atomic mass is 10.1. The average Bonchev–Trinajstić information content (AvgIpc) is 2.90. The number of hydrogen-bond donors (Lipinski definition) is 2. The summed E-state index contributed by atoms with van der Waals surface area (Å²) in [5.74, 6) is -0.107. The standard InChI is InChI=1S/C16H15N3O2/c1-11(21)17-14-6-2-4-12(8-14)15-9-19-7-3-5-13(10-20)16(19)18-15/h2-9,20H,10H2,1H3,(H,17,21). The van der Waals surface area contributed by atoms with Gasteiger partial charge in [0, 0.05) is 36.1 Å². The molecule has 2 N–H and O–H groups in total. The second-order valence-corrected chi connectivity index (χ2v) is 4.81. The number of aromatic nitrogens is 2. The van der Waals surface area contributed by atoms with E-state index in [1.165, 1.54) is 6.92 Å². The smallest absolute Gasteiger partial charge is 0.221 e. The minimum atomic E-state index is -0.107. The SMILES string of the molecule is CC(=O)Nc1cccc(-c2cn3cccc(CO)c3n2)c1. The Morgan fingerprint density at radius 1 is 1.33 bits per heavy atom. The molecule has 3 rings (SSSR count). The topological polar surface area (TPSA) is 66.6 Å². The molecular formula is C16H15N3O2. The first-order chi connectivity index (χ1) is 10.2. The second-order valence-electron chi connectivity index (χ2n) is 4.81. The Hall–Kier alpha value is -2.66. The zero-order valence-electron chi connectivity index (χ0n) is 11.6. The van der Waals surface area contributed by atoms with Crippen molar-refractivity contribution in [1.82, 2.24) is 9.38 Å². The number of benzene rings is 1. The number of fused-ring (bicyclic) bond motifs is 1. The van der Waals surface area contributed by atoms with Crippen LogP contribution in [0.2, 0.25) is 0 Å². The molecule has 0 spiro atoms. The zero-order valence-corrected chi connectivity index (χ0v) is 11.6. The molecule has 5 nitrogen and oxygen atoms in total. The Balaban J connectivity index is 2.06. The molecule has 3 aromatic rings. The van der Waals surface area contributed by atoms with Crippen molar-refractivity contribution in [3.63, 3.8) is 0 Å². The van der Waals surface area contributed by atoms with Crippen LogP contribution in [0, 0.1) is 0 Å². The maximum absolute atomic E-state index is 11.1. The van der Waals surface area contributed by atoms with Crippen LogP contribution in [0.3, 0.4) is 0 Å². The third-order valence-corrected chi connectivity index (χ3v) is 3.21. The maximum Gasteiger partial charge on any atom is 0.221 e. The number of carbonyl (C=O) groups is 1. The van der Waals surface area contributed by atoms with E-state index in [-0.39, 0.29) is 12.5 Å². The normalized spacial score (nSPS) is 10.8. The van der Waals surface area contributed by atoms with E-state index in [1.54, 1.807) is 0 Å². The molecule has 0 saturated heterocycles. The van der Waals surface area contributed by atoms with Crippen LogP contribution in [0.25, 0.3) is 16.9 Å². The molecule has 21 heavy (non-hydrogen) atoms. The lowest BCUT2D eigenvalue weighted by Gasteiger charge is -2.03. The molecule has 0 atom stereocenters. The zero-order chi connectivity index (χ0) is 14.8. The highest BCUT2D eigenvalue weighted by atomic mass is 16.3. The molecule has 0 unspecified atom stereocenters. The predicted octanol–water partition coefficient (Wildman–Crippen LogP) is 2.45. The van der Waals surface area contributed by atoms with Gasteiger partial charge in [0.25, 0.3) is 0 Å². The van der Waals surface area contributed by atoms with E-state index in [0.29, 0.717) is 0 Å². The van der Waals surface area contributed by atoms with Crippen molar-refractivity contribution in [3.05, 3.63) is 54.4 Å². The summed E-state index contributed by atoms with van der Waals surface area (Å²) in [6.07, 6.45) is 3.80. The van der Waals surface area contributed by atoms with Gasteiger partial charge in [0.05, 0.1) is 12.3 Å². The van der Waals surface area contributed by atoms with Gasteiger partial charge in [0.1, 0.15) is 5.65 Å². The summed E-state index contributed by atoms with van der Waals surface area (Å²) in [7, 11) is 0. The number of aliphatic hydroxyl groups excluding tert-OH is 1. The lowest BCUT2D eigenvalue weighted by Crippen LogP contribution is -2.05. The van der Waals surface area contributed by atoms with Crippen molar-refractivity contribution in [1.29, 1.82) is 0 Å². The number of pyridine rings is 1. The fourth-order valence-electron chi connectivity index (χ4n) is 2.29. The number of anilines is 1. The molecule has 0 aliphatic heterocycles. The predicted molar refractivity (Wildman–Crippen MR) is 80.9 cm³/mol. The first-order valence-corrected chi connectivity index (χ1v) is 6.63. The summed E-state index contributed by atoms with van der Waals surface area (Å²) in [5.41, 5.74) is 3.96. The fourth-order valence-corrected chi connectivity index (χ4v) is 2.29. The number of hydrogen-bond acceptors (Lipinski definition) is 3. The van der Waals surface area contributed by atoms with Crippen molar-refractivity contribution in [2.24, 2.45) is 0 Å². The largest absolute Gasteiger partial charge is 0.392 e. The Bertz CT molecular complexity index is 808. The highest BCUT2D eigenvalue weighted by Crippen LogP contribution is 2.23. The Labute approximate surface area is 121 Å². The molecule has 0 saturated carbocycles. The molecular weight excluding hydrogens is 266 g/mol. The number of nitrogens with zero attached hydrogens (tertiary/aromatic N) is 2. The van der Waals surface area contributed by atoms with Crippen molar-refractivity contribution in [2.45, 2.75) is 13.5 Å². The number of amides is 1. The van der Waals surface area contributed by atoms with Gasteiger partial charge in [-0.15, -0.1) is 0 Å². The first kappa shape index (κ1) is 13.3. The van der Waals surface area contributed by atoms with E-state index in [4.69, 9.17) is 0 Å². The van der Waals surface area contributed by atoms with E-state index < -0.39 is 0 Å². The van der Waals surface area contributed by atoms with Gasteiger partial charge < -0.3 is 14.8 Å². The second kappa shape index (κ2) is 5.38. The Kier molecular flexibility index (Phi) is 3.41. The van der Waals surface area contributed by atoms with Crippen LogP contribution in [0.4, 0.5) is 5.69 Å². The Morgan fingerprint density at radius 3 is 2.95 bits per heavy atom. The van der Waals surface area contributed by atoms with Gasteiger partial charge in [-0.25, -0.2) is 4.98 Å². The first-order valence-electron chi connectivity index (χ1n) is 6.63. The van der Waals surface area contributed by atoms with Gasteiger partial charge in [-0.1, -0.05) is 18.2 Å². The van der Waals surface area contributed by atoms with Crippen LogP contribution in [0.5, 0.6) is 0 Å². The minimum Gasteiger partial charge on any atom is -0.392 e. The molecule has 5 heteroatoms. The molecule has 0 radical (unpaired) electrons. The molecule has 1 amide bonds. The van der Waals surface area contributed by atoms with Crippen molar-refractivity contribution in [3.8, 4) is 11.3 Å². The third kappa shape index (κ3) is 2.64. The molecule has 106 valence electrons. The highest BCUT2D eigenvalue weighted by Gasteiger charge is 2.08. The van der Waals surface area contributed by atoms with E-state index in [0.717, 1.165) is 28.2 Å². The van der Waals surface area contributed by atoms with Crippen molar-refractivity contribution in [2.75, 3.05) is 5.32 Å². The van der Waals surface area contributed by atoms with E-state index in [1.807, 2.05) is 53.2 Å². The lowest BCUT2D eigenvalue weighted by molar-refractivity contribution is -0.114. The van der Waals surface area contributed by atoms with Crippen LogP contribution in [0.1, 0.15) is 12.5 Å². The van der Waals surface area contributed by atoms with Crippen molar-refractivity contribution < 1.29 is 9.90 Å². The summed E-state index contributed by atoms with van der Waals surface area (Å²) in [4.78, 5) is 15.7. The van der Waals surface area contributed by atoms with Gasteiger partial charge in [-0.05, 0) is 18.2 Å². The molecule has 2 aromatic heterocycles. The number of carbonyl (C=O) groups excluding carboxylic acids is 1. The van der Waals surface area contributed by atoms with Gasteiger partial charge in [-0.2, -0.15) is 0 Å². The molecule has 0 aliphatic rings. The molecule has 2 heterocycles. The molecule has 0 fully saturated rings. The summed E-state index contributed by atoms with van der Waals surface area (Å²) >= 11 is 0. The van der Waals surface area contributed by atoms with Gasteiger partial charge in [0.2, 0.25) is 5.91 Å². The van der Waals surface area contributed by atoms with Crippen LogP contribution in [-0.4, -0.2) is 20.4 Å². The number of imidazole rings is 1. The molecule has 0 bridgehead atoms. The average molecular weight is 281 g/mol. The fraction of sp³-hybridized carbons (Fsp3) is 0.125. The van der Waals surface area contributed by atoms with E-state index in [9.17, 15) is 9.90 Å². The summed E-state index contributed by atoms with van der Waals surface area (Å²) in [6, 6.07) is 11.2. The summed E-state index contributed by atoms with van der Waals surface area (Å²) in [6.45, 7) is 1.43.